The molecule has 0 radical (unpaired) electrons. The second-order valence-corrected chi connectivity index (χ2v) is 7.90. The molecule has 0 bridgehead atoms. The molecule has 1 aromatic rings. The van der Waals surface area contributed by atoms with Gasteiger partial charge in [0.2, 0.25) is 0 Å². The molecule has 0 fully saturated rings. The van der Waals surface area contributed by atoms with Gasteiger partial charge in [0.15, 0.2) is 5.78 Å². The molecule has 0 aliphatic heterocycles. The molecule has 5 heteroatoms. The number of nitrogens with one attached hydrogen (secondary N) is 1. The van der Waals surface area contributed by atoms with E-state index in [-0.39, 0.29) is 11.7 Å². The van der Waals surface area contributed by atoms with E-state index in [1.54, 1.807) is 19.2 Å². The molecule has 1 rings (SSSR count). The zero-order valence-electron chi connectivity index (χ0n) is 19.5. The highest BCUT2D eigenvalue weighted by Crippen LogP contribution is 2.32. The molecule has 0 aliphatic carbocycles. The van der Waals surface area contributed by atoms with Gasteiger partial charge in [0.1, 0.15) is 5.01 Å². The van der Waals surface area contributed by atoms with Crippen molar-refractivity contribution in [1.82, 2.24) is 10.3 Å². The minimum atomic E-state index is -0.221. The van der Waals surface area contributed by atoms with Gasteiger partial charge in [-0.3, -0.25) is 9.59 Å². The fraction of sp³-hybridized carbons (Fsp3) is 0.346. The maximum absolute atomic E-state index is 12.4. The summed E-state index contributed by atoms with van der Waals surface area (Å²) in [6.45, 7) is 13.5. The van der Waals surface area contributed by atoms with Gasteiger partial charge in [-0.15, -0.1) is 11.3 Å². The van der Waals surface area contributed by atoms with E-state index in [0.29, 0.717) is 22.6 Å². The van der Waals surface area contributed by atoms with Gasteiger partial charge in [-0.25, -0.2) is 4.98 Å². The molecular formula is C26H34N2O2S. The molecule has 0 aromatic carbocycles. The maximum Gasteiger partial charge on any atom is 0.250 e. The average molecular weight is 439 g/mol. The number of hydrogen-bond acceptors (Lipinski definition) is 4. The molecule has 0 saturated heterocycles. The molecule has 0 spiro atoms. The molecule has 1 amide bonds. The number of amides is 1. The molecule has 0 aliphatic rings. The molecule has 0 saturated carbocycles. The van der Waals surface area contributed by atoms with Crippen LogP contribution in [-0.4, -0.2) is 23.7 Å². The second kappa shape index (κ2) is 13.5. The summed E-state index contributed by atoms with van der Waals surface area (Å²) in [6.07, 6.45) is 14.0. The number of aromatic nitrogens is 1. The van der Waals surface area contributed by atoms with Crippen LogP contribution in [0.25, 0.3) is 11.1 Å². The Morgan fingerprint density at radius 3 is 2.45 bits per heavy atom. The predicted molar refractivity (Wildman–Crippen MR) is 134 cm³/mol. The fourth-order valence-electron chi connectivity index (χ4n) is 3.15. The minimum absolute atomic E-state index is 0.127. The number of hydrogen-bond donors (Lipinski definition) is 1. The first-order chi connectivity index (χ1) is 14.8. The third kappa shape index (κ3) is 7.44. The van der Waals surface area contributed by atoms with E-state index < -0.39 is 0 Å². The first kappa shape index (κ1) is 26.2. The molecule has 4 nitrogen and oxygen atoms in total. The van der Waals surface area contributed by atoms with Crippen LogP contribution in [-0.2, 0) is 9.59 Å². The third-order valence-corrected chi connectivity index (χ3v) is 5.54. The Balaban J connectivity index is 3.54. The minimum Gasteiger partial charge on any atom is -0.355 e. The number of likely N-dealkylation sites (N-methyl/N-ethyl adjacent to an activating group) is 1. The van der Waals surface area contributed by atoms with E-state index in [9.17, 15) is 9.59 Å². The highest BCUT2D eigenvalue weighted by Gasteiger charge is 2.18. The largest absolute Gasteiger partial charge is 0.355 e. The van der Waals surface area contributed by atoms with Crippen molar-refractivity contribution in [2.45, 2.75) is 53.9 Å². The summed E-state index contributed by atoms with van der Waals surface area (Å²) in [5.41, 5.74) is 5.13. The highest BCUT2D eigenvalue weighted by atomic mass is 32.1. The van der Waals surface area contributed by atoms with Crippen LogP contribution >= 0.6 is 11.3 Å². The Labute approximate surface area is 190 Å². The number of ketones is 1. The lowest BCUT2D eigenvalue weighted by Gasteiger charge is -2.11. The van der Waals surface area contributed by atoms with E-state index in [2.05, 4.69) is 31.8 Å². The van der Waals surface area contributed by atoms with Crippen LogP contribution in [0.1, 0.15) is 64.6 Å². The molecule has 1 N–H and O–H groups in total. The normalized spacial score (nSPS) is 13.9. The summed E-state index contributed by atoms with van der Waals surface area (Å²) in [5.74, 6) is -0.347. The molecule has 0 atom stereocenters. The number of thiazole rings is 1. The Bertz CT molecular complexity index is 956. The summed E-state index contributed by atoms with van der Waals surface area (Å²) in [6, 6.07) is 0. The maximum atomic E-state index is 12.4. The lowest BCUT2D eigenvalue weighted by molar-refractivity contribution is -0.116. The Morgan fingerprint density at radius 1 is 1.23 bits per heavy atom. The van der Waals surface area contributed by atoms with Crippen LogP contribution < -0.4 is 5.32 Å². The number of carbonyl (C=O) groups excluding carboxylic acids is 2. The lowest BCUT2D eigenvalue weighted by atomic mass is 9.95. The van der Waals surface area contributed by atoms with Gasteiger partial charge in [-0.2, -0.15) is 0 Å². The van der Waals surface area contributed by atoms with Crippen LogP contribution in [0.4, 0.5) is 0 Å². The van der Waals surface area contributed by atoms with Gasteiger partial charge in [0.05, 0.1) is 11.3 Å². The Hall–Kier alpha value is -2.79. The monoisotopic (exact) mass is 438 g/mol. The quantitative estimate of drug-likeness (QED) is 0.318. The zero-order chi connectivity index (χ0) is 23.4. The fourth-order valence-corrected chi connectivity index (χ4v) is 4.03. The smallest absolute Gasteiger partial charge is 0.250 e. The summed E-state index contributed by atoms with van der Waals surface area (Å²) in [4.78, 5) is 29.4. The molecule has 1 aromatic heterocycles. The van der Waals surface area contributed by atoms with Crippen LogP contribution in [0.2, 0.25) is 0 Å². The van der Waals surface area contributed by atoms with E-state index in [0.717, 1.165) is 29.7 Å². The zero-order valence-corrected chi connectivity index (χ0v) is 20.4. The SMILES string of the molecule is C=C\C=C/C(=C(\C)CCC)C(=C\C)/c1csc(/C(=C/C(=CCC)C(=O)NC)C(C)=O)n1. The van der Waals surface area contributed by atoms with E-state index in [1.165, 1.54) is 23.8 Å². The Morgan fingerprint density at radius 2 is 1.94 bits per heavy atom. The summed E-state index contributed by atoms with van der Waals surface area (Å²) in [5, 5.41) is 5.19. The third-order valence-electron chi connectivity index (χ3n) is 4.67. The van der Waals surface area contributed by atoms with Crippen molar-refractivity contribution < 1.29 is 9.59 Å². The molecule has 0 unspecified atom stereocenters. The summed E-state index contributed by atoms with van der Waals surface area (Å²) in [7, 11) is 1.58. The first-order valence-electron chi connectivity index (χ1n) is 10.6. The van der Waals surface area contributed by atoms with Crippen LogP contribution in [0.3, 0.4) is 0 Å². The van der Waals surface area contributed by atoms with E-state index >= 15 is 0 Å². The van der Waals surface area contributed by atoms with Crippen LogP contribution in [0.15, 0.2) is 65.1 Å². The number of rotatable bonds is 11. The van der Waals surface area contributed by atoms with Crippen LogP contribution in [0, 0.1) is 0 Å². The number of allylic oxidation sites excluding steroid dienone is 9. The highest BCUT2D eigenvalue weighted by molar-refractivity contribution is 7.11. The van der Waals surface area contributed by atoms with Gasteiger partial charge < -0.3 is 5.32 Å². The van der Waals surface area contributed by atoms with Crippen molar-refractivity contribution in [2.75, 3.05) is 7.05 Å². The number of carbonyl (C=O) groups is 2. The summed E-state index contributed by atoms with van der Waals surface area (Å²) >= 11 is 1.41. The number of nitrogens with zero attached hydrogens (tertiary/aromatic N) is 1. The van der Waals surface area contributed by atoms with Crippen LogP contribution in [0.5, 0.6) is 0 Å². The van der Waals surface area contributed by atoms with Gasteiger partial charge >= 0.3 is 0 Å². The van der Waals surface area contributed by atoms with Gasteiger partial charge in [-0.05, 0) is 45.3 Å². The molecule has 1 heterocycles. The molecule has 31 heavy (non-hydrogen) atoms. The second-order valence-electron chi connectivity index (χ2n) is 7.04. The predicted octanol–water partition coefficient (Wildman–Crippen LogP) is 6.46. The van der Waals surface area contributed by atoms with Crippen molar-refractivity contribution >= 4 is 34.2 Å². The lowest BCUT2D eigenvalue weighted by Crippen LogP contribution is -2.19. The van der Waals surface area contributed by atoms with E-state index in [4.69, 9.17) is 4.98 Å². The van der Waals surface area contributed by atoms with Crippen molar-refractivity contribution in [3.05, 3.63) is 75.8 Å². The molecule has 166 valence electrons. The van der Waals surface area contributed by atoms with Gasteiger partial charge in [0.25, 0.3) is 5.91 Å². The van der Waals surface area contributed by atoms with Crippen molar-refractivity contribution in [3.8, 4) is 0 Å². The first-order valence-corrected chi connectivity index (χ1v) is 11.5. The van der Waals surface area contributed by atoms with Crippen molar-refractivity contribution in [1.29, 1.82) is 0 Å². The van der Waals surface area contributed by atoms with Gasteiger partial charge in [-0.1, -0.05) is 62.8 Å². The Kier molecular flexibility index (Phi) is 11.4. The van der Waals surface area contributed by atoms with Crippen molar-refractivity contribution in [3.63, 3.8) is 0 Å². The topological polar surface area (TPSA) is 59.1 Å². The van der Waals surface area contributed by atoms with Gasteiger partial charge in [0, 0.05) is 23.6 Å². The molecular weight excluding hydrogens is 404 g/mol. The summed E-state index contributed by atoms with van der Waals surface area (Å²) < 4.78 is 0. The average Bonchev–Trinajstić information content (AvgIpc) is 3.22. The standard InChI is InChI=1S/C26H34N2O2S/c1-8-12-15-22(18(5)13-9-2)21(11-4)24-17-31-26(28-24)23(19(6)29)16-20(14-10-3)25(30)27-7/h8,11-12,14-17H,1,9-10,13H2,2-7H3,(H,27,30)/b15-12-,20-14?,21-11+,22-18-,23-16+. The van der Waals surface area contributed by atoms with E-state index in [1.807, 2.05) is 37.5 Å². The van der Waals surface area contributed by atoms with Crippen molar-refractivity contribution in [2.24, 2.45) is 0 Å². The number of Topliss-reactive ketones (excluding diaryl/α,β-unsaturated/α-hetero) is 1.